The maximum Gasteiger partial charge on any atom is 0.0601 e. The Morgan fingerprint density at radius 1 is 1.35 bits per heavy atom. The summed E-state index contributed by atoms with van der Waals surface area (Å²) in [5.74, 6) is 0. The molecule has 17 heavy (non-hydrogen) atoms. The van der Waals surface area contributed by atoms with Gasteiger partial charge >= 0.3 is 0 Å². The first-order valence-corrected chi connectivity index (χ1v) is 6.26. The standard InChI is InChI=1S/C14H21NO2/c1-2-3-11-4-6-12(7-5-11)14(9-17-10-14)13(15)8-16/h4-7,13,16H,2-3,8-10,15H2,1H3. The van der Waals surface area contributed by atoms with Crippen molar-refractivity contribution in [3.05, 3.63) is 35.4 Å². The number of ether oxygens (including phenoxy) is 1. The maximum absolute atomic E-state index is 9.25. The molecular formula is C14H21NO2. The monoisotopic (exact) mass is 235 g/mol. The van der Waals surface area contributed by atoms with Gasteiger partial charge in [0.25, 0.3) is 0 Å². The van der Waals surface area contributed by atoms with Crippen LogP contribution in [-0.4, -0.2) is 31.0 Å². The van der Waals surface area contributed by atoms with E-state index in [2.05, 4.69) is 31.2 Å². The lowest BCUT2D eigenvalue weighted by Gasteiger charge is -2.45. The zero-order valence-corrected chi connectivity index (χ0v) is 10.4. The molecular weight excluding hydrogens is 214 g/mol. The van der Waals surface area contributed by atoms with Crippen LogP contribution in [0.3, 0.4) is 0 Å². The predicted molar refractivity (Wildman–Crippen MR) is 68.0 cm³/mol. The molecule has 0 spiro atoms. The van der Waals surface area contributed by atoms with Crippen molar-refractivity contribution in [1.82, 2.24) is 0 Å². The summed E-state index contributed by atoms with van der Waals surface area (Å²) in [4.78, 5) is 0. The third kappa shape index (κ3) is 2.23. The fourth-order valence-electron chi connectivity index (χ4n) is 2.38. The van der Waals surface area contributed by atoms with Crippen LogP contribution in [0.5, 0.6) is 0 Å². The molecule has 0 aliphatic carbocycles. The van der Waals surface area contributed by atoms with Crippen molar-refractivity contribution in [2.75, 3.05) is 19.8 Å². The van der Waals surface area contributed by atoms with E-state index in [1.165, 1.54) is 11.1 Å². The van der Waals surface area contributed by atoms with E-state index in [-0.39, 0.29) is 18.1 Å². The quantitative estimate of drug-likeness (QED) is 0.807. The fourth-order valence-corrected chi connectivity index (χ4v) is 2.38. The van der Waals surface area contributed by atoms with Crippen molar-refractivity contribution in [2.24, 2.45) is 5.73 Å². The smallest absolute Gasteiger partial charge is 0.0601 e. The van der Waals surface area contributed by atoms with Crippen LogP contribution in [0.25, 0.3) is 0 Å². The lowest BCUT2D eigenvalue weighted by molar-refractivity contribution is -0.0798. The van der Waals surface area contributed by atoms with Crippen molar-refractivity contribution >= 4 is 0 Å². The average molecular weight is 235 g/mol. The Bertz CT molecular complexity index is 357. The first-order valence-electron chi connectivity index (χ1n) is 6.26. The van der Waals surface area contributed by atoms with Crippen LogP contribution in [-0.2, 0) is 16.6 Å². The molecule has 1 unspecified atom stereocenters. The first kappa shape index (κ1) is 12.6. The van der Waals surface area contributed by atoms with Gasteiger partial charge in [-0.05, 0) is 17.5 Å². The fraction of sp³-hybridized carbons (Fsp3) is 0.571. The molecule has 1 aliphatic rings. The summed E-state index contributed by atoms with van der Waals surface area (Å²) in [7, 11) is 0. The van der Waals surface area contributed by atoms with Crippen molar-refractivity contribution in [3.8, 4) is 0 Å². The van der Waals surface area contributed by atoms with Crippen molar-refractivity contribution in [2.45, 2.75) is 31.2 Å². The Balaban J connectivity index is 2.20. The minimum Gasteiger partial charge on any atom is -0.395 e. The third-order valence-electron chi connectivity index (χ3n) is 3.69. The lowest BCUT2D eigenvalue weighted by atomic mass is 9.73. The molecule has 3 nitrogen and oxygen atoms in total. The van der Waals surface area contributed by atoms with Crippen LogP contribution < -0.4 is 5.73 Å². The number of aryl methyl sites for hydroxylation is 1. The van der Waals surface area contributed by atoms with Crippen LogP contribution in [0, 0.1) is 0 Å². The highest BCUT2D eigenvalue weighted by molar-refractivity contribution is 5.33. The van der Waals surface area contributed by atoms with E-state index < -0.39 is 0 Å². The van der Waals surface area contributed by atoms with Crippen LogP contribution in [0.2, 0.25) is 0 Å². The summed E-state index contributed by atoms with van der Waals surface area (Å²) >= 11 is 0. The number of benzene rings is 1. The van der Waals surface area contributed by atoms with Gasteiger partial charge < -0.3 is 15.6 Å². The van der Waals surface area contributed by atoms with Gasteiger partial charge in [-0.2, -0.15) is 0 Å². The Labute approximate surface area is 103 Å². The first-order chi connectivity index (χ1) is 8.23. The highest BCUT2D eigenvalue weighted by Gasteiger charge is 2.45. The number of hydrogen-bond donors (Lipinski definition) is 2. The zero-order valence-electron chi connectivity index (χ0n) is 10.4. The number of hydrogen-bond acceptors (Lipinski definition) is 3. The van der Waals surface area contributed by atoms with Gasteiger partial charge in [0.15, 0.2) is 0 Å². The Hall–Kier alpha value is -0.900. The van der Waals surface area contributed by atoms with Gasteiger partial charge in [-0.15, -0.1) is 0 Å². The molecule has 0 radical (unpaired) electrons. The Morgan fingerprint density at radius 2 is 2.00 bits per heavy atom. The largest absolute Gasteiger partial charge is 0.395 e. The highest BCUT2D eigenvalue weighted by atomic mass is 16.5. The molecule has 0 saturated carbocycles. The van der Waals surface area contributed by atoms with E-state index in [1.54, 1.807) is 0 Å². The van der Waals surface area contributed by atoms with E-state index in [4.69, 9.17) is 10.5 Å². The van der Waals surface area contributed by atoms with Gasteiger partial charge in [-0.1, -0.05) is 37.6 Å². The summed E-state index contributed by atoms with van der Waals surface area (Å²) in [5.41, 5.74) is 8.37. The van der Waals surface area contributed by atoms with Crippen LogP contribution in [0.1, 0.15) is 24.5 Å². The molecule has 1 atom stereocenters. The van der Waals surface area contributed by atoms with E-state index >= 15 is 0 Å². The van der Waals surface area contributed by atoms with Gasteiger partial charge in [-0.3, -0.25) is 0 Å². The molecule has 1 aromatic rings. The molecule has 3 N–H and O–H groups in total. The second-order valence-electron chi connectivity index (χ2n) is 4.88. The van der Waals surface area contributed by atoms with Crippen molar-refractivity contribution in [1.29, 1.82) is 0 Å². The van der Waals surface area contributed by atoms with E-state index in [9.17, 15) is 5.11 Å². The third-order valence-corrected chi connectivity index (χ3v) is 3.69. The van der Waals surface area contributed by atoms with Crippen LogP contribution >= 0.6 is 0 Å². The highest BCUT2D eigenvalue weighted by Crippen LogP contribution is 2.35. The molecule has 94 valence electrons. The Kier molecular flexibility index (Phi) is 3.82. The molecule has 2 rings (SSSR count). The molecule has 0 amide bonds. The predicted octanol–water partition coefficient (Wildman–Crippen LogP) is 1.23. The minimum atomic E-state index is -0.242. The van der Waals surface area contributed by atoms with Crippen molar-refractivity contribution in [3.63, 3.8) is 0 Å². The van der Waals surface area contributed by atoms with Crippen LogP contribution in [0.4, 0.5) is 0 Å². The van der Waals surface area contributed by atoms with Crippen molar-refractivity contribution < 1.29 is 9.84 Å². The molecule has 3 heteroatoms. The summed E-state index contributed by atoms with van der Waals surface area (Å²) < 4.78 is 5.30. The van der Waals surface area contributed by atoms with E-state index in [0.717, 1.165) is 12.8 Å². The van der Waals surface area contributed by atoms with Gasteiger partial charge in [0, 0.05) is 6.04 Å². The molecule has 1 heterocycles. The second-order valence-corrected chi connectivity index (χ2v) is 4.88. The summed E-state index contributed by atoms with van der Waals surface area (Å²) in [5, 5.41) is 9.25. The molecule has 1 fully saturated rings. The van der Waals surface area contributed by atoms with E-state index in [1.807, 2.05) is 0 Å². The number of aliphatic hydroxyl groups is 1. The molecule has 1 aliphatic heterocycles. The summed E-state index contributed by atoms with van der Waals surface area (Å²) in [6, 6.07) is 8.33. The number of rotatable bonds is 5. The molecule has 0 bridgehead atoms. The summed E-state index contributed by atoms with van der Waals surface area (Å²) in [6.07, 6.45) is 2.26. The lowest BCUT2D eigenvalue weighted by Crippen LogP contribution is -2.60. The van der Waals surface area contributed by atoms with Gasteiger partial charge in [0.05, 0.1) is 25.2 Å². The SMILES string of the molecule is CCCc1ccc(C2(C(N)CO)COC2)cc1. The molecule has 1 aromatic carbocycles. The number of nitrogens with two attached hydrogens (primary N) is 1. The van der Waals surface area contributed by atoms with Gasteiger partial charge in [0.1, 0.15) is 0 Å². The van der Waals surface area contributed by atoms with Crippen LogP contribution in [0.15, 0.2) is 24.3 Å². The van der Waals surface area contributed by atoms with E-state index in [0.29, 0.717) is 13.2 Å². The number of aliphatic hydroxyl groups excluding tert-OH is 1. The normalized spacial score (nSPS) is 19.7. The average Bonchev–Trinajstić information content (AvgIpc) is 2.30. The van der Waals surface area contributed by atoms with Gasteiger partial charge in [-0.25, -0.2) is 0 Å². The summed E-state index contributed by atoms with van der Waals surface area (Å²) in [6.45, 7) is 3.40. The molecule has 1 saturated heterocycles. The minimum absolute atomic E-state index is 0.0000709. The van der Waals surface area contributed by atoms with Gasteiger partial charge in [0.2, 0.25) is 0 Å². The molecule has 0 aromatic heterocycles. The topological polar surface area (TPSA) is 55.5 Å². The zero-order chi connectivity index (χ0) is 12.3. The maximum atomic E-state index is 9.25. The Morgan fingerprint density at radius 3 is 2.41 bits per heavy atom. The second kappa shape index (κ2) is 5.17.